The predicted molar refractivity (Wildman–Crippen MR) is 126 cm³/mol. The Morgan fingerprint density at radius 1 is 1.00 bits per heavy atom. The van der Waals surface area contributed by atoms with Crippen molar-refractivity contribution in [2.24, 2.45) is 5.92 Å². The van der Waals surface area contributed by atoms with Gasteiger partial charge in [0.2, 0.25) is 15.9 Å². The van der Waals surface area contributed by atoms with Crippen molar-refractivity contribution in [2.45, 2.75) is 50.7 Å². The number of anilines is 2. The summed E-state index contributed by atoms with van der Waals surface area (Å²) in [4.78, 5) is 25.1. The van der Waals surface area contributed by atoms with E-state index in [9.17, 15) is 18.0 Å². The summed E-state index contributed by atoms with van der Waals surface area (Å²) in [5.41, 5.74) is 2.22. The number of benzene rings is 2. The summed E-state index contributed by atoms with van der Waals surface area (Å²) < 4.78 is 33.4. The van der Waals surface area contributed by atoms with Crippen LogP contribution in [0.3, 0.4) is 0 Å². The van der Waals surface area contributed by atoms with Crippen molar-refractivity contribution in [3.05, 3.63) is 53.6 Å². The molecule has 2 unspecified atom stereocenters. The summed E-state index contributed by atoms with van der Waals surface area (Å²) in [6, 6.07) is 11.4. The molecule has 1 saturated carbocycles. The molecule has 2 fully saturated rings. The number of sulfonamides is 1. The van der Waals surface area contributed by atoms with Crippen LogP contribution in [0, 0.1) is 12.8 Å². The molecule has 1 aliphatic heterocycles. The Bertz CT molecular complexity index is 1170. The van der Waals surface area contributed by atoms with Gasteiger partial charge in [-0.15, -0.1) is 0 Å². The number of ether oxygens (including phenoxy) is 1. The maximum Gasteiger partial charge on any atom is 0.255 e. The van der Waals surface area contributed by atoms with Crippen molar-refractivity contribution in [3.8, 4) is 0 Å². The predicted octanol–water partition coefficient (Wildman–Crippen LogP) is 3.39. The van der Waals surface area contributed by atoms with Crippen LogP contribution < -0.4 is 10.6 Å². The third kappa shape index (κ3) is 5.43. The zero-order chi connectivity index (χ0) is 23.8. The number of nitrogens with one attached hydrogen (secondary N) is 2. The average Bonchev–Trinajstić information content (AvgIpc) is 3.61. The van der Waals surface area contributed by atoms with Gasteiger partial charge in [0, 0.05) is 35.9 Å². The minimum absolute atomic E-state index is 0.0132. The SMILES string of the molecule is Cc1ccc(NC(=O)C2CC2)cc1NC(=O)c1cccc(S(=O)(=O)N2CC(C)OC(C)C2)c1. The van der Waals surface area contributed by atoms with Crippen LogP contribution in [0.1, 0.15) is 42.6 Å². The lowest BCUT2D eigenvalue weighted by molar-refractivity contribution is -0.117. The van der Waals surface area contributed by atoms with Gasteiger partial charge in [-0.1, -0.05) is 12.1 Å². The fourth-order valence-corrected chi connectivity index (χ4v) is 5.53. The van der Waals surface area contributed by atoms with Gasteiger partial charge in [-0.2, -0.15) is 4.31 Å². The van der Waals surface area contributed by atoms with Gasteiger partial charge in [-0.3, -0.25) is 9.59 Å². The molecular weight excluding hydrogens is 442 g/mol. The molecule has 1 heterocycles. The number of hydrogen-bond donors (Lipinski definition) is 2. The maximum atomic E-state index is 13.2. The minimum atomic E-state index is -3.76. The van der Waals surface area contributed by atoms with Crippen LogP contribution in [0.25, 0.3) is 0 Å². The second kappa shape index (κ2) is 9.24. The Morgan fingerprint density at radius 3 is 2.36 bits per heavy atom. The first-order chi connectivity index (χ1) is 15.6. The quantitative estimate of drug-likeness (QED) is 0.672. The lowest BCUT2D eigenvalue weighted by Crippen LogP contribution is -2.48. The van der Waals surface area contributed by atoms with Crippen LogP contribution >= 0.6 is 0 Å². The largest absolute Gasteiger partial charge is 0.373 e. The number of rotatable bonds is 6. The Kier molecular flexibility index (Phi) is 6.56. The molecule has 2 N–H and O–H groups in total. The van der Waals surface area contributed by atoms with E-state index in [0.29, 0.717) is 11.4 Å². The molecule has 2 aromatic carbocycles. The van der Waals surface area contributed by atoms with Crippen LogP contribution in [-0.2, 0) is 19.6 Å². The van der Waals surface area contributed by atoms with E-state index in [4.69, 9.17) is 4.74 Å². The molecule has 2 amide bonds. The number of amides is 2. The number of carbonyl (C=O) groups is 2. The second-order valence-electron chi connectivity index (χ2n) is 8.85. The molecule has 33 heavy (non-hydrogen) atoms. The Balaban J connectivity index is 1.52. The van der Waals surface area contributed by atoms with E-state index in [1.165, 1.54) is 16.4 Å². The second-order valence-corrected chi connectivity index (χ2v) is 10.8. The minimum Gasteiger partial charge on any atom is -0.373 e. The molecule has 2 aliphatic rings. The Labute approximate surface area is 194 Å². The van der Waals surface area contributed by atoms with E-state index in [1.807, 2.05) is 26.8 Å². The van der Waals surface area contributed by atoms with Crippen molar-refractivity contribution in [3.63, 3.8) is 0 Å². The van der Waals surface area contributed by atoms with Crippen molar-refractivity contribution in [1.82, 2.24) is 4.31 Å². The Morgan fingerprint density at radius 2 is 1.70 bits per heavy atom. The molecule has 8 nitrogen and oxygen atoms in total. The van der Waals surface area contributed by atoms with Crippen LogP contribution in [-0.4, -0.2) is 49.8 Å². The smallest absolute Gasteiger partial charge is 0.255 e. The highest BCUT2D eigenvalue weighted by Gasteiger charge is 2.32. The van der Waals surface area contributed by atoms with Gasteiger partial charge in [-0.25, -0.2) is 8.42 Å². The summed E-state index contributed by atoms with van der Waals surface area (Å²) in [6.07, 6.45) is 1.40. The molecule has 9 heteroatoms. The molecule has 2 atom stereocenters. The first kappa shape index (κ1) is 23.4. The van der Waals surface area contributed by atoms with E-state index < -0.39 is 15.9 Å². The first-order valence-corrected chi connectivity index (χ1v) is 12.6. The van der Waals surface area contributed by atoms with Crippen molar-refractivity contribution in [1.29, 1.82) is 0 Å². The normalized spacial score (nSPS) is 21.4. The number of aryl methyl sites for hydroxylation is 1. The third-order valence-electron chi connectivity index (χ3n) is 5.82. The van der Waals surface area contributed by atoms with Crippen LogP contribution in [0.15, 0.2) is 47.4 Å². The summed E-state index contributed by atoms with van der Waals surface area (Å²) in [5, 5.41) is 5.71. The molecule has 2 aromatic rings. The highest BCUT2D eigenvalue weighted by atomic mass is 32.2. The van der Waals surface area contributed by atoms with Gasteiger partial charge < -0.3 is 15.4 Å². The third-order valence-corrected chi connectivity index (χ3v) is 7.65. The van der Waals surface area contributed by atoms with Gasteiger partial charge in [0.25, 0.3) is 5.91 Å². The summed E-state index contributed by atoms with van der Waals surface area (Å²) >= 11 is 0. The molecule has 176 valence electrons. The van der Waals surface area contributed by atoms with Gasteiger partial charge >= 0.3 is 0 Å². The average molecular weight is 472 g/mol. The molecule has 0 spiro atoms. The van der Waals surface area contributed by atoms with Gasteiger partial charge in [-0.05, 0) is 69.5 Å². The van der Waals surface area contributed by atoms with Gasteiger partial charge in [0.1, 0.15) is 0 Å². The Hall–Kier alpha value is -2.75. The van der Waals surface area contributed by atoms with Gasteiger partial charge in [0.05, 0.1) is 17.1 Å². The highest BCUT2D eigenvalue weighted by molar-refractivity contribution is 7.89. The fourth-order valence-electron chi connectivity index (χ4n) is 3.89. The molecule has 1 saturated heterocycles. The van der Waals surface area contributed by atoms with E-state index in [0.717, 1.165) is 18.4 Å². The van der Waals surface area contributed by atoms with Crippen LogP contribution in [0.5, 0.6) is 0 Å². The monoisotopic (exact) mass is 471 g/mol. The summed E-state index contributed by atoms with van der Waals surface area (Å²) in [5.74, 6) is -0.364. The molecular formula is C24H29N3O5S. The zero-order valence-corrected chi connectivity index (χ0v) is 19.8. The summed E-state index contributed by atoms with van der Waals surface area (Å²) in [6.45, 7) is 6.06. The summed E-state index contributed by atoms with van der Waals surface area (Å²) in [7, 11) is -3.76. The maximum absolute atomic E-state index is 13.2. The molecule has 1 aliphatic carbocycles. The van der Waals surface area contributed by atoms with Gasteiger partial charge in [0.15, 0.2) is 0 Å². The van der Waals surface area contributed by atoms with Crippen molar-refractivity contribution >= 4 is 33.2 Å². The number of morpholine rings is 1. The number of hydrogen-bond acceptors (Lipinski definition) is 5. The molecule has 4 rings (SSSR count). The number of carbonyl (C=O) groups excluding carboxylic acids is 2. The molecule has 0 radical (unpaired) electrons. The lowest BCUT2D eigenvalue weighted by Gasteiger charge is -2.34. The first-order valence-electron chi connectivity index (χ1n) is 11.1. The zero-order valence-electron chi connectivity index (χ0n) is 19.0. The molecule has 0 bridgehead atoms. The van der Waals surface area contributed by atoms with E-state index in [-0.39, 0.29) is 47.6 Å². The van der Waals surface area contributed by atoms with E-state index >= 15 is 0 Å². The number of nitrogens with zero attached hydrogens (tertiary/aromatic N) is 1. The van der Waals surface area contributed by atoms with Crippen LogP contribution in [0.2, 0.25) is 0 Å². The van der Waals surface area contributed by atoms with Crippen LogP contribution in [0.4, 0.5) is 11.4 Å². The van der Waals surface area contributed by atoms with Crippen molar-refractivity contribution in [2.75, 3.05) is 23.7 Å². The van der Waals surface area contributed by atoms with E-state index in [1.54, 1.807) is 24.3 Å². The standard InChI is InChI=1S/C24H29N3O5S/c1-15-7-10-20(25-23(28)18-8-9-18)12-22(15)26-24(29)19-5-4-6-21(11-19)33(30,31)27-13-16(2)32-17(3)14-27/h4-7,10-12,16-18H,8-9,13-14H2,1-3H3,(H,25,28)(H,26,29). The van der Waals surface area contributed by atoms with E-state index in [2.05, 4.69) is 10.6 Å². The fraction of sp³-hybridized carbons (Fsp3) is 0.417. The lowest BCUT2D eigenvalue weighted by atomic mass is 10.1. The van der Waals surface area contributed by atoms with Crippen molar-refractivity contribution < 1.29 is 22.7 Å². The topological polar surface area (TPSA) is 105 Å². The molecule has 0 aromatic heterocycles. The highest BCUT2D eigenvalue weighted by Crippen LogP contribution is 2.31.